The lowest BCUT2D eigenvalue weighted by molar-refractivity contribution is -0.143. The van der Waals surface area contributed by atoms with Gasteiger partial charge in [0.1, 0.15) is 0 Å². The van der Waals surface area contributed by atoms with E-state index in [0.29, 0.717) is 29.8 Å². The zero-order valence-electron chi connectivity index (χ0n) is 22.6. The molecule has 12 heteroatoms. The maximum Gasteiger partial charge on any atom is 0.416 e. The molecule has 2 aromatic carbocycles. The van der Waals surface area contributed by atoms with E-state index in [2.05, 4.69) is 5.32 Å². The highest BCUT2D eigenvalue weighted by Crippen LogP contribution is 2.40. The van der Waals surface area contributed by atoms with Gasteiger partial charge in [0, 0.05) is 12.5 Å². The van der Waals surface area contributed by atoms with Crippen LogP contribution in [0.5, 0.6) is 0 Å². The predicted octanol–water partition coefficient (Wildman–Crippen LogP) is 7.61. The van der Waals surface area contributed by atoms with E-state index in [4.69, 9.17) is 9.47 Å². The Balaban J connectivity index is 1.78. The van der Waals surface area contributed by atoms with Crippen LogP contribution in [0.3, 0.4) is 0 Å². The molecule has 6 nitrogen and oxygen atoms in total. The molecule has 2 amide bonds. The van der Waals surface area contributed by atoms with Crippen LogP contribution in [-0.2, 0) is 41.1 Å². The van der Waals surface area contributed by atoms with Crippen molar-refractivity contribution in [1.29, 1.82) is 0 Å². The molecule has 1 N–H and O–H groups in total. The third kappa shape index (κ3) is 7.19. The van der Waals surface area contributed by atoms with Crippen LogP contribution in [0.15, 0.2) is 30.3 Å². The fraction of sp³-hybridized carbons (Fsp3) is 0.500. The third-order valence-electron chi connectivity index (χ3n) is 6.79. The Morgan fingerprint density at radius 3 is 2.00 bits per heavy atom. The number of aryl methyl sites for hydroxylation is 2. The Labute approximate surface area is 228 Å². The van der Waals surface area contributed by atoms with E-state index in [1.54, 1.807) is 11.8 Å². The predicted molar refractivity (Wildman–Crippen MR) is 136 cm³/mol. The molecule has 0 saturated heterocycles. The van der Waals surface area contributed by atoms with Crippen LogP contribution in [0, 0.1) is 0 Å². The van der Waals surface area contributed by atoms with E-state index < -0.39 is 48.3 Å². The summed E-state index contributed by atoms with van der Waals surface area (Å²) in [7, 11) is 0. The molecule has 0 bridgehead atoms. The largest absolute Gasteiger partial charge is 0.449 e. The van der Waals surface area contributed by atoms with Gasteiger partial charge in [0.15, 0.2) is 0 Å². The number of benzene rings is 2. The average Bonchev–Trinajstić information content (AvgIpc) is 2.86. The zero-order valence-corrected chi connectivity index (χ0v) is 22.6. The highest BCUT2D eigenvalue weighted by atomic mass is 19.4. The van der Waals surface area contributed by atoms with E-state index >= 15 is 0 Å². The number of amides is 2. The third-order valence-corrected chi connectivity index (χ3v) is 6.79. The van der Waals surface area contributed by atoms with Crippen molar-refractivity contribution in [3.05, 3.63) is 63.7 Å². The van der Waals surface area contributed by atoms with Gasteiger partial charge in [-0.15, -0.1) is 0 Å². The van der Waals surface area contributed by atoms with Crippen molar-refractivity contribution in [3.63, 3.8) is 0 Å². The highest BCUT2D eigenvalue weighted by Gasteiger charge is 2.38. The first kappa shape index (κ1) is 31.1. The molecule has 0 unspecified atom stereocenters. The number of anilines is 1. The fourth-order valence-corrected chi connectivity index (χ4v) is 4.87. The second-order valence-corrected chi connectivity index (χ2v) is 9.54. The quantitative estimate of drug-likeness (QED) is 0.346. The van der Waals surface area contributed by atoms with Crippen LogP contribution < -0.4 is 10.2 Å². The van der Waals surface area contributed by atoms with E-state index in [1.807, 2.05) is 32.9 Å². The van der Waals surface area contributed by atoms with Crippen LogP contribution in [0.4, 0.5) is 41.6 Å². The molecular weight excluding hydrogens is 542 g/mol. The Kier molecular flexibility index (Phi) is 9.63. The average molecular weight is 575 g/mol. The van der Waals surface area contributed by atoms with Gasteiger partial charge in [-0.05, 0) is 79.6 Å². The van der Waals surface area contributed by atoms with E-state index in [0.717, 1.165) is 24.0 Å². The lowest BCUT2D eigenvalue weighted by Gasteiger charge is -2.39. The van der Waals surface area contributed by atoms with Crippen molar-refractivity contribution in [2.75, 3.05) is 18.1 Å². The number of hydrogen-bond donors (Lipinski definition) is 1. The van der Waals surface area contributed by atoms with Gasteiger partial charge in [-0.1, -0.05) is 19.9 Å². The van der Waals surface area contributed by atoms with E-state index in [-0.39, 0.29) is 30.7 Å². The summed E-state index contributed by atoms with van der Waals surface area (Å²) in [6, 6.07) is 4.21. The molecule has 2 atom stereocenters. The molecule has 0 aliphatic carbocycles. The normalized spacial score (nSPS) is 17.3. The van der Waals surface area contributed by atoms with Crippen LogP contribution in [0.25, 0.3) is 0 Å². The van der Waals surface area contributed by atoms with Crippen molar-refractivity contribution < 1.29 is 45.4 Å². The maximum atomic E-state index is 13.1. The Morgan fingerprint density at radius 2 is 1.48 bits per heavy atom. The summed E-state index contributed by atoms with van der Waals surface area (Å²) in [5.41, 5.74) is 0.245. The van der Waals surface area contributed by atoms with Crippen LogP contribution >= 0.6 is 0 Å². The van der Waals surface area contributed by atoms with Crippen molar-refractivity contribution in [3.8, 4) is 0 Å². The minimum atomic E-state index is -4.97. The van der Waals surface area contributed by atoms with Crippen LogP contribution in [0.1, 0.15) is 73.5 Å². The standard InChI is InChI=1S/C28H32F6N2O4/c1-5-18-13-22-23(10-16(4)36(26(38)39-7-3)24(22)14-19(18)6-2)35-25(37)40-9-8-17-11-20(27(29,30)31)15-21(12-17)28(32,33)34/h11-16,23H,5-10H2,1-4H3,(H,35,37)/t16-,23+/m1/s1. The second-order valence-electron chi connectivity index (χ2n) is 9.54. The van der Waals surface area contributed by atoms with Gasteiger partial charge < -0.3 is 14.8 Å². The number of nitrogens with one attached hydrogen (secondary N) is 1. The SMILES string of the molecule is CCOC(=O)N1c2cc(CC)c(CC)cc2[C@@H](NC(=O)OCCc2cc(C(F)(F)F)cc(C(F)(F)F)c2)C[C@H]1C. The molecule has 220 valence electrons. The number of carbonyl (C=O) groups is 2. The summed E-state index contributed by atoms with van der Waals surface area (Å²) in [4.78, 5) is 27.0. The fourth-order valence-electron chi connectivity index (χ4n) is 4.87. The molecule has 40 heavy (non-hydrogen) atoms. The van der Waals surface area contributed by atoms with Gasteiger partial charge in [-0.25, -0.2) is 9.59 Å². The number of alkyl carbamates (subject to hydrolysis) is 1. The van der Waals surface area contributed by atoms with Gasteiger partial charge in [0.25, 0.3) is 0 Å². The van der Waals surface area contributed by atoms with Gasteiger partial charge in [0.2, 0.25) is 0 Å². The molecule has 0 fully saturated rings. The molecule has 0 saturated carbocycles. The van der Waals surface area contributed by atoms with Crippen LogP contribution in [0.2, 0.25) is 0 Å². The molecule has 0 aromatic heterocycles. The number of ether oxygens (including phenoxy) is 2. The lowest BCUT2D eigenvalue weighted by Crippen LogP contribution is -2.46. The summed E-state index contributed by atoms with van der Waals surface area (Å²) >= 11 is 0. The number of nitrogens with zero attached hydrogens (tertiary/aromatic N) is 1. The number of halogens is 6. The first-order valence-corrected chi connectivity index (χ1v) is 13.0. The first-order chi connectivity index (χ1) is 18.7. The molecule has 0 spiro atoms. The van der Waals surface area contributed by atoms with Gasteiger partial charge in [-0.3, -0.25) is 4.90 Å². The van der Waals surface area contributed by atoms with Crippen LogP contribution in [-0.4, -0.2) is 31.4 Å². The monoisotopic (exact) mass is 574 g/mol. The topological polar surface area (TPSA) is 67.9 Å². The number of fused-ring (bicyclic) bond motifs is 1. The van der Waals surface area contributed by atoms with Crippen molar-refractivity contribution in [1.82, 2.24) is 5.32 Å². The molecule has 2 aromatic rings. The van der Waals surface area contributed by atoms with Gasteiger partial charge in [-0.2, -0.15) is 26.3 Å². The molecule has 1 aliphatic heterocycles. The molecule has 1 aliphatic rings. The van der Waals surface area contributed by atoms with Crippen molar-refractivity contribution >= 4 is 17.9 Å². The summed E-state index contributed by atoms with van der Waals surface area (Å²) in [5, 5.41) is 2.74. The van der Waals surface area contributed by atoms with Crippen molar-refractivity contribution in [2.45, 2.75) is 77.8 Å². The molecule has 1 heterocycles. The highest BCUT2D eigenvalue weighted by molar-refractivity contribution is 5.90. The second kappa shape index (κ2) is 12.4. The Morgan fingerprint density at radius 1 is 0.900 bits per heavy atom. The number of rotatable bonds is 7. The number of hydrogen-bond acceptors (Lipinski definition) is 4. The van der Waals surface area contributed by atoms with E-state index in [1.165, 1.54) is 0 Å². The molecule has 3 rings (SSSR count). The maximum absolute atomic E-state index is 13.1. The molecule has 0 radical (unpaired) electrons. The number of alkyl halides is 6. The summed E-state index contributed by atoms with van der Waals surface area (Å²) < 4.78 is 89.2. The zero-order chi connectivity index (χ0) is 29.8. The molecular formula is C28H32F6N2O4. The smallest absolute Gasteiger partial charge is 0.416 e. The van der Waals surface area contributed by atoms with Gasteiger partial charge >= 0.3 is 24.5 Å². The minimum Gasteiger partial charge on any atom is -0.449 e. The minimum absolute atomic E-state index is 0.0485. The Bertz CT molecular complexity index is 1200. The summed E-state index contributed by atoms with van der Waals surface area (Å²) in [6.07, 6.45) is -9.90. The Hall–Kier alpha value is -3.44. The van der Waals surface area contributed by atoms with Crippen molar-refractivity contribution in [2.24, 2.45) is 0 Å². The first-order valence-electron chi connectivity index (χ1n) is 13.0. The lowest BCUT2D eigenvalue weighted by atomic mass is 9.87. The summed E-state index contributed by atoms with van der Waals surface area (Å²) in [6.45, 7) is 7.25. The van der Waals surface area contributed by atoms with E-state index in [9.17, 15) is 35.9 Å². The summed E-state index contributed by atoms with van der Waals surface area (Å²) in [5.74, 6) is 0. The van der Waals surface area contributed by atoms with Gasteiger partial charge in [0.05, 0.1) is 36.1 Å². The number of carbonyl (C=O) groups excluding carboxylic acids is 2.